The Kier molecular flexibility index (Phi) is 6.45. The molecule has 0 aliphatic heterocycles. The molecule has 0 aliphatic rings. The summed E-state index contributed by atoms with van der Waals surface area (Å²) in [7, 11) is 4.71. The Balaban J connectivity index is 1.91. The van der Waals surface area contributed by atoms with Crippen LogP contribution in [0.3, 0.4) is 0 Å². The summed E-state index contributed by atoms with van der Waals surface area (Å²) in [5.74, 6) is 1.46. The maximum atomic E-state index is 13.7. The number of ether oxygens (including phenoxy) is 3. The number of anilines is 1. The number of benzene rings is 3. The Morgan fingerprint density at radius 3 is 2.09 bits per heavy atom. The van der Waals surface area contributed by atoms with Gasteiger partial charge in [-0.3, -0.25) is 4.79 Å². The molecule has 1 aromatic heterocycles. The molecule has 0 atom stereocenters. The molecule has 0 aliphatic carbocycles. The maximum absolute atomic E-state index is 13.7. The SMILES string of the molecule is CCN(C(=O)c1cc(-c2cc(OC)c(OC)c(OC)c2)nc2ccccc12)c1ccccc1. The first kappa shape index (κ1) is 22.1. The van der Waals surface area contributed by atoms with E-state index < -0.39 is 0 Å². The van der Waals surface area contributed by atoms with Crippen LogP contribution in [0.4, 0.5) is 5.69 Å². The third-order valence-corrected chi connectivity index (χ3v) is 5.54. The van der Waals surface area contributed by atoms with Crippen molar-refractivity contribution in [2.75, 3.05) is 32.8 Å². The van der Waals surface area contributed by atoms with Crippen molar-refractivity contribution in [3.63, 3.8) is 0 Å². The number of nitrogens with zero attached hydrogens (tertiary/aromatic N) is 2. The van der Waals surface area contributed by atoms with E-state index in [0.717, 1.165) is 22.2 Å². The number of carbonyl (C=O) groups is 1. The molecule has 1 amide bonds. The highest BCUT2D eigenvalue weighted by molar-refractivity contribution is 6.14. The van der Waals surface area contributed by atoms with E-state index in [1.807, 2.05) is 79.7 Å². The van der Waals surface area contributed by atoms with Gasteiger partial charge in [0.25, 0.3) is 5.91 Å². The highest BCUT2D eigenvalue weighted by Gasteiger charge is 2.21. The summed E-state index contributed by atoms with van der Waals surface area (Å²) in [5, 5.41) is 0.799. The van der Waals surface area contributed by atoms with Crippen LogP contribution in [-0.4, -0.2) is 38.8 Å². The second kappa shape index (κ2) is 9.61. The highest BCUT2D eigenvalue weighted by Crippen LogP contribution is 2.41. The Hall–Kier alpha value is -4.06. The van der Waals surface area contributed by atoms with Crippen LogP contribution < -0.4 is 19.1 Å². The minimum absolute atomic E-state index is 0.0870. The van der Waals surface area contributed by atoms with E-state index in [0.29, 0.717) is 35.1 Å². The van der Waals surface area contributed by atoms with Crippen molar-refractivity contribution in [1.82, 2.24) is 4.98 Å². The lowest BCUT2D eigenvalue weighted by molar-refractivity contribution is 0.0990. The Labute approximate surface area is 193 Å². The van der Waals surface area contributed by atoms with Crippen LogP contribution in [0.5, 0.6) is 17.2 Å². The van der Waals surface area contributed by atoms with E-state index in [1.54, 1.807) is 26.2 Å². The summed E-state index contributed by atoms with van der Waals surface area (Å²) in [5.41, 5.74) is 3.55. The lowest BCUT2D eigenvalue weighted by Gasteiger charge is -2.22. The molecule has 0 fully saturated rings. The van der Waals surface area contributed by atoms with Gasteiger partial charge in [0.05, 0.1) is 38.1 Å². The molecule has 0 N–H and O–H groups in total. The normalized spacial score (nSPS) is 10.7. The van der Waals surface area contributed by atoms with Crippen molar-refractivity contribution < 1.29 is 19.0 Å². The first-order valence-corrected chi connectivity index (χ1v) is 10.7. The second-order valence-corrected chi connectivity index (χ2v) is 7.37. The van der Waals surface area contributed by atoms with Gasteiger partial charge in [-0.05, 0) is 43.3 Å². The van der Waals surface area contributed by atoms with Gasteiger partial charge in [0.2, 0.25) is 5.75 Å². The first-order chi connectivity index (χ1) is 16.1. The van der Waals surface area contributed by atoms with Gasteiger partial charge in [-0.25, -0.2) is 4.98 Å². The zero-order valence-electron chi connectivity index (χ0n) is 19.2. The molecule has 6 heteroatoms. The van der Waals surface area contributed by atoms with Gasteiger partial charge < -0.3 is 19.1 Å². The molecule has 4 rings (SSSR count). The van der Waals surface area contributed by atoms with Crippen molar-refractivity contribution >= 4 is 22.5 Å². The molecular weight excluding hydrogens is 416 g/mol. The third-order valence-electron chi connectivity index (χ3n) is 5.54. The topological polar surface area (TPSA) is 60.9 Å². The van der Waals surface area contributed by atoms with Crippen LogP contribution in [0.25, 0.3) is 22.2 Å². The molecule has 6 nitrogen and oxygen atoms in total. The van der Waals surface area contributed by atoms with Crippen molar-refractivity contribution in [3.8, 4) is 28.5 Å². The van der Waals surface area contributed by atoms with Gasteiger partial charge in [-0.15, -0.1) is 0 Å². The summed E-state index contributed by atoms with van der Waals surface area (Å²) < 4.78 is 16.5. The molecule has 0 bridgehead atoms. The summed E-state index contributed by atoms with van der Waals surface area (Å²) in [6.07, 6.45) is 0. The number of para-hydroxylation sites is 2. The van der Waals surface area contributed by atoms with Crippen LogP contribution >= 0.6 is 0 Å². The minimum atomic E-state index is -0.0870. The molecule has 1 heterocycles. The molecule has 0 saturated heterocycles. The highest BCUT2D eigenvalue weighted by atomic mass is 16.5. The number of hydrogen-bond donors (Lipinski definition) is 0. The summed E-state index contributed by atoms with van der Waals surface area (Å²) >= 11 is 0. The van der Waals surface area contributed by atoms with Crippen LogP contribution in [0.1, 0.15) is 17.3 Å². The molecule has 33 heavy (non-hydrogen) atoms. The predicted molar refractivity (Wildman–Crippen MR) is 131 cm³/mol. The van der Waals surface area contributed by atoms with Gasteiger partial charge in [0.1, 0.15) is 0 Å². The van der Waals surface area contributed by atoms with Crippen LogP contribution in [0.15, 0.2) is 72.8 Å². The van der Waals surface area contributed by atoms with E-state index in [9.17, 15) is 4.79 Å². The summed E-state index contributed by atoms with van der Waals surface area (Å²) in [4.78, 5) is 20.3. The summed E-state index contributed by atoms with van der Waals surface area (Å²) in [6.45, 7) is 2.51. The smallest absolute Gasteiger partial charge is 0.259 e. The Bertz CT molecular complexity index is 1260. The number of hydrogen-bond acceptors (Lipinski definition) is 5. The number of aromatic nitrogens is 1. The predicted octanol–water partition coefficient (Wildman–Crippen LogP) is 5.59. The van der Waals surface area contributed by atoms with E-state index in [-0.39, 0.29) is 5.91 Å². The lowest BCUT2D eigenvalue weighted by Crippen LogP contribution is -2.30. The largest absolute Gasteiger partial charge is 0.493 e. The van der Waals surface area contributed by atoms with Crippen molar-refractivity contribution in [2.24, 2.45) is 0 Å². The quantitative estimate of drug-likeness (QED) is 0.373. The monoisotopic (exact) mass is 442 g/mol. The number of carbonyl (C=O) groups excluding carboxylic acids is 1. The first-order valence-electron chi connectivity index (χ1n) is 10.7. The van der Waals surface area contributed by atoms with Gasteiger partial charge in [0, 0.05) is 23.2 Å². The lowest BCUT2D eigenvalue weighted by atomic mass is 10.0. The van der Waals surface area contributed by atoms with Gasteiger partial charge in [0.15, 0.2) is 11.5 Å². The summed E-state index contributed by atoms with van der Waals surface area (Å²) in [6, 6.07) is 22.8. The maximum Gasteiger partial charge on any atom is 0.259 e. The van der Waals surface area contributed by atoms with Crippen LogP contribution in [0.2, 0.25) is 0 Å². The van der Waals surface area contributed by atoms with Crippen molar-refractivity contribution in [2.45, 2.75) is 6.92 Å². The third kappa shape index (κ3) is 4.20. The van der Waals surface area contributed by atoms with Gasteiger partial charge >= 0.3 is 0 Å². The fourth-order valence-corrected chi connectivity index (χ4v) is 3.93. The number of fused-ring (bicyclic) bond motifs is 1. The van der Waals surface area contributed by atoms with Crippen LogP contribution in [0, 0.1) is 0 Å². The average molecular weight is 443 g/mol. The molecule has 0 spiro atoms. The molecule has 0 saturated carbocycles. The second-order valence-electron chi connectivity index (χ2n) is 7.37. The fraction of sp³-hybridized carbons (Fsp3) is 0.185. The number of methoxy groups -OCH3 is 3. The van der Waals surface area contributed by atoms with Gasteiger partial charge in [-0.1, -0.05) is 36.4 Å². The average Bonchev–Trinajstić information content (AvgIpc) is 2.88. The molecular formula is C27H26N2O4. The Morgan fingerprint density at radius 1 is 0.848 bits per heavy atom. The van der Waals surface area contributed by atoms with E-state index in [1.165, 1.54) is 0 Å². The van der Waals surface area contributed by atoms with E-state index in [4.69, 9.17) is 19.2 Å². The van der Waals surface area contributed by atoms with E-state index in [2.05, 4.69) is 0 Å². The van der Waals surface area contributed by atoms with Crippen molar-refractivity contribution in [3.05, 3.63) is 78.4 Å². The van der Waals surface area contributed by atoms with Gasteiger partial charge in [-0.2, -0.15) is 0 Å². The zero-order chi connectivity index (χ0) is 23.4. The molecule has 168 valence electrons. The van der Waals surface area contributed by atoms with Crippen LogP contribution in [-0.2, 0) is 0 Å². The number of pyridine rings is 1. The van der Waals surface area contributed by atoms with E-state index >= 15 is 0 Å². The standard InChI is InChI=1S/C27H26N2O4/c1-5-29(19-11-7-6-8-12-19)27(30)21-17-23(28-22-14-10-9-13-20(21)22)18-15-24(31-2)26(33-4)25(16-18)32-3/h6-17H,5H2,1-4H3. The molecule has 0 unspecified atom stereocenters. The molecule has 4 aromatic rings. The number of rotatable bonds is 7. The minimum Gasteiger partial charge on any atom is -0.493 e. The molecule has 0 radical (unpaired) electrons. The zero-order valence-corrected chi connectivity index (χ0v) is 19.2. The van der Waals surface area contributed by atoms with Crippen molar-refractivity contribution in [1.29, 1.82) is 0 Å². The molecule has 3 aromatic carbocycles. The fourth-order valence-electron chi connectivity index (χ4n) is 3.93. The number of amides is 1. The Morgan fingerprint density at radius 2 is 1.48 bits per heavy atom.